The highest BCUT2D eigenvalue weighted by Gasteiger charge is 2.14. The number of benzene rings is 1. The Morgan fingerprint density at radius 1 is 1.21 bits per heavy atom. The third-order valence-electron chi connectivity index (χ3n) is 3.45. The van der Waals surface area contributed by atoms with Crippen molar-refractivity contribution in [3.63, 3.8) is 0 Å². The van der Waals surface area contributed by atoms with Gasteiger partial charge in [-0.15, -0.1) is 0 Å². The van der Waals surface area contributed by atoms with Gasteiger partial charge in [0.15, 0.2) is 0 Å². The summed E-state index contributed by atoms with van der Waals surface area (Å²) in [6, 6.07) is 8.06. The average Bonchev–Trinajstić information content (AvgIpc) is 2.39. The van der Waals surface area contributed by atoms with E-state index in [2.05, 4.69) is 31.9 Å². The molecule has 0 bridgehead atoms. The SMILES string of the molecule is CCOc1ccccc1C(N)CN(C)CC(C)CC. The monoisotopic (exact) mass is 264 g/mol. The molecule has 0 aliphatic heterocycles. The lowest BCUT2D eigenvalue weighted by molar-refractivity contribution is 0.263. The van der Waals surface area contributed by atoms with Crippen LogP contribution in [0.25, 0.3) is 0 Å². The average molecular weight is 264 g/mol. The van der Waals surface area contributed by atoms with Crippen LogP contribution in [0.4, 0.5) is 0 Å². The largest absolute Gasteiger partial charge is 0.494 e. The van der Waals surface area contributed by atoms with E-state index in [1.807, 2.05) is 25.1 Å². The molecule has 1 rings (SSSR count). The van der Waals surface area contributed by atoms with Gasteiger partial charge in [0.2, 0.25) is 0 Å². The molecular formula is C16H28N2O. The number of ether oxygens (including phenoxy) is 1. The van der Waals surface area contributed by atoms with Crippen LogP contribution < -0.4 is 10.5 Å². The summed E-state index contributed by atoms with van der Waals surface area (Å²) in [6.07, 6.45) is 1.20. The van der Waals surface area contributed by atoms with Crippen LogP contribution in [-0.4, -0.2) is 31.6 Å². The maximum atomic E-state index is 6.32. The van der Waals surface area contributed by atoms with Gasteiger partial charge in [0.1, 0.15) is 5.75 Å². The second-order valence-electron chi connectivity index (χ2n) is 5.31. The number of hydrogen-bond donors (Lipinski definition) is 1. The first-order chi connectivity index (χ1) is 9.08. The summed E-state index contributed by atoms with van der Waals surface area (Å²) in [4.78, 5) is 2.31. The van der Waals surface area contributed by atoms with Gasteiger partial charge in [-0.3, -0.25) is 0 Å². The Hall–Kier alpha value is -1.06. The van der Waals surface area contributed by atoms with Gasteiger partial charge in [-0.2, -0.15) is 0 Å². The van der Waals surface area contributed by atoms with E-state index in [0.29, 0.717) is 12.5 Å². The number of nitrogens with two attached hydrogens (primary N) is 1. The predicted octanol–water partition coefficient (Wildman–Crippen LogP) is 3.06. The van der Waals surface area contributed by atoms with Crippen LogP contribution >= 0.6 is 0 Å². The standard InChI is InChI=1S/C16H28N2O/c1-5-13(3)11-18(4)12-15(17)14-9-7-8-10-16(14)19-6-2/h7-10,13,15H,5-6,11-12,17H2,1-4H3. The molecule has 0 amide bonds. The van der Waals surface area contributed by atoms with E-state index in [1.165, 1.54) is 6.42 Å². The van der Waals surface area contributed by atoms with Crippen molar-refractivity contribution in [3.8, 4) is 5.75 Å². The molecule has 2 unspecified atom stereocenters. The van der Waals surface area contributed by atoms with E-state index < -0.39 is 0 Å². The molecule has 0 aliphatic rings. The van der Waals surface area contributed by atoms with Crippen molar-refractivity contribution in [2.45, 2.75) is 33.2 Å². The summed E-state index contributed by atoms with van der Waals surface area (Å²) < 4.78 is 5.64. The molecule has 3 nitrogen and oxygen atoms in total. The Morgan fingerprint density at radius 2 is 1.89 bits per heavy atom. The molecule has 2 N–H and O–H groups in total. The van der Waals surface area contributed by atoms with Gasteiger partial charge >= 0.3 is 0 Å². The van der Waals surface area contributed by atoms with E-state index in [-0.39, 0.29) is 6.04 Å². The molecule has 0 heterocycles. The van der Waals surface area contributed by atoms with Gasteiger partial charge < -0.3 is 15.4 Å². The van der Waals surface area contributed by atoms with Gasteiger partial charge in [-0.25, -0.2) is 0 Å². The summed E-state index contributed by atoms with van der Waals surface area (Å²) >= 11 is 0. The van der Waals surface area contributed by atoms with Crippen molar-refractivity contribution in [2.24, 2.45) is 11.7 Å². The van der Waals surface area contributed by atoms with Gasteiger partial charge in [-0.05, 0) is 26.0 Å². The second-order valence-corrected chi connectivity index (χ2v) is 5.31. The Bertz CT molecular complexity index is 368. The van der Waals surface area contributed by atoms with Crippen LogP contribution in [0.2, 0.25) is 0 Å². The molecular weight excluding hydrogens is 236 g/mol. The number of likely N-dealkylation sites (N-methyl/N-ethyl adjacent to an activating group) is 1. The molecule has 108 valence electrons. The van der Waals surface area contributed by atoms with Crippen molar-refractivity contribution in [1.82, 2.24) is 4.90 Å². The number of rotatable bonds is 8. The fourth-order valence-corrected chi connectivity index (χ4v) is 2.24. The molecule has 3 heteroatoms. The van der Waals surface area contributed by atoms with Gasteiger partial charge in [0.25, 0.3) is 0 Å². The van der Waals surface area contributed by atoms with E-state index in [4.69, 9.17) is 10.5 Å². The van der Waals surface area contributed by atoms with Crippen molar-refractivity contribution in [2.75, 3.05) is 26.7 Å². The lowest BCUT2D eigenvalue weighted by Gasteiger charge is -2.25. The van der Waals surface area contributed by atoms with Gasteiger partial charge in [0.05, 0.1) is 6.61 Å². The molecule has 0 saturated heterocycles. The Kier molecular flexibility index (Phi) is 6.89. The molecule has 2 atom stereocenters. The lowest BCUT2D eigenvalue weighted by Crippen LogP contribution is -2.32. The highest BCUT2D eigenvalue weighted by atomic mass is 16.5. The van der Waals surface area contributed by atoms with Gasteiger partial charge in [-0.1, -0.05) is 38.5 Å². The van der Waals surface area contributed by atoms with Crippen LogP contribution in [0.5, 0.6) is 5.75 Å². The summed E-state index contributed by atoms with van der Waals surface area (Å²) in [5.74, 6) is 1.62. The van der Waals surface area contributed by atoms with Crippen LogP contribution in [0, 0.1) is 5.92 Å². The first-order valence-electron chi connectivity index (χ1n) is 7.24. The van der Waals surface area contributed by atoms with Crippen molar-refractivity contribution in [1.29, 1.82) is 0 Å². The third-order valence-corrected chi connectivity index (χ3v) is 3.45. The van der Waals surface area contributed by atoms with E-state index >= 15 is 0 Å². The minimum absolute atomic E-state index is 0.00296. The first-order valence-corrected chi connectivity index (χ1v) is 7.24. The first kappa shape index (κ1) is 16.0. The smallest absolute Gasteiger partial charge is 0.124 e. The van der Waals surface area contributed by atoms with E-state index in [9.17, 15) is 0 Å². The van der Waals surface area contributed by atoms with E-state index in [0.717, 1.165) is 24.4 Å². The summed E-state index contributed by atoms with van der Waals surface area (Å²) in [5.41, 5.74) is 7.42. The lowest BCUT2D eigenvalue weighted by atomic mass is 10.0. The zero-order chi connectivity index (χ0) is 14.3. The summed E-state index contributed by atoms with van der Waals surface area (Å²) in [5, 5.41) is 0. The van der Waals surface area contributed by atoms with Crippen LogP contribution in [0.1, 0.15) is 38.8 Å². The van der Waals surface area contributed by atoms with Crippen LogP contribution in [0.3, 0.4) is 0 Å². The predicted molar refractivity (Wildman–Crippen MR) is 81.5 cm³/mol. The zero-order valence-corrected chi connectivity index (χ0v) is 12.7. The summed E-state index contributed by atoms with van der Waals surface area (Å²) in [6.45, 7) is 9.11. The Morgan fingerprint density at radius 3 is 2.53 bits per heavy atom. The van der Waals surface area contributed by atoms with Crippen molar-refractivity contribution < 1.29 is 4.74 Å². The molecule has 0 saturated carbocycles. The van der Waals surface area contributed by atoms with Gasteiger partial charge in [0, 0.05) is 24.7 Å². The fraction of sp³-hybridized carbons (Fsp3) is 0.625. The second kappa shape index (κ2) is 8.18. The van der Waals surface area contributed by atoms with Crippen molar-refractivity contribution in [3.05, 3.63) is 29.8 Å². The third kappa shape index (κ3) is 5.21. The Balaban J connectivity index is 2.64. The maximum Gasteiger partial charge on any atom is 0.124 e. The fourth-order valence-electron chi connectivity index (χ4n) is 2.24. The van der Waals surface area contributed by atoms with Crippen LogP contribution in [0.15, 0.2) is 24.3 Å². The molecule has 1 aromatic rings. The zero-order valence-electron chi connectivity index (χ0n) is 12.7. The molecule has 0 aromatic heterocycles. The normalized spacial score (nSPS) is 14.4. The molecule has 0 aliphatic carbocycles. The minimum atomic E-state index is -0.00296. The Labute approximate surface area is 117 Å². The molecule has 0 fully saturated rings. The summed E-state index contributed by atoms with van der Waals surface area (Å²) in [7, 11) is 2.13. The minimum Gasteiger partial charge on any atom is -0.494 e. The number of hydrogen-bond acceptors (Lipinski definition) is 3. The highest BCUT2D eigenvalue weighted by Crippen LogP contribution is 2.24. The van der Waals surface area contributed by atoms with E-state index in [1.54, 1.807) is 0 Å². The maximum absolute atomic E-state index is 6.32. The van der Waals surface area contributed by atoms with Crippen LogP contribution in [-0.2, 0) is 0 Å². The quantitative estimate of drug-likeness (QED) is 0.784. The highest BCUT2D eigenvalue weighted by molar-refractivity contribution is 5.35. The number of nitrogens with zero attached hydrogens (tertiary/aromatic N) is 1. The molecule has 1 aromatic carbocycles. The topological polar surface area (TPSA) is 38.5 Å². The number of para-hydroxylation sites is 1. The molecule has 19 heavy (non-hydrogen) atoms. The van der Waals surface area contributed by atoms with Crippen molar-refractivity contribution >= 4 is 0 Å². The molecule has 0 spiro atoms. The molecule has 0 radical (unpaired) electrons.